The molecule has 1 aromatic heterocycles. The number of thiazole rings is 1. The van der Waals surface area contributed by atoms with Crippen LogP contribution in [0.25, 0.3) is 0 Å². The number of hydrogen-bond acceptors (Lipinski definition) is 4. The monoisotopic (exact) mass is 308 g/mol. The topological polar surface area (TPSA) is 79.3 Å². The lowest BCUT2D eigenvalue weighted by Crippen LogP contribution is -2.26. The number of carboxylic acid groups (broad SMARTS) is 1. The molecule has 0 fully saturated rings. The lowest BCUT2D eigenvalue weighted by Gasteiger charge is -2.15. The van der Waals surface area contributed by atoms with Gasteiger partial charge in [-0.1, -0.05) is 11.6 Å². The molecule has 6 heteroatoms. The Hall–Kier alpha value is -1.69. The molecule has 1 unspecified atom stereocenters. The Balaban J connectivity index is 1.95. The van der Waals surface area contributed by atoms with Crippen molar-refractivity contribution in [2.24, 2.45) is 0 Å². The molecule has 114 valence electrons. The van der Waals surface area contributed by atoms with Crippen LogP contribution in [-0.4, -0.2) is 22.0 Å². The summed E-state index contributed by atoms with van der Waals surface area (Å²) < 4.78 is 0. The van der Waals surface area contributed by atoms with E-state index in [0.29, 0.717) is 17.1 Å². The minimum Gasteiger partial charge on any atom is -0.477 e. The molecule has 0 saturated carbocycles. The molecule has 0 bridgehead atoms. The highest BCUT2D eigenvalue weighted by Crippen LogP contribution is 2.24. The van der Waals surface area contributed by atoms with Gasteiger partial charge >= 0.3 is 5.97 Å². The lowest BCUT2D eigenvalue weighted by molar-refractivity contribution is -0.121. The zero-order valence-corrected chi connectivity index (χ0v) is 13.1. The predicted octanol–water partition coefficient (Wildman–Crippen LogP) is 3.22. The number of carbonyl (C=O) groups is 2. The largest absolute Gasteiger partial charge is 0.477 e. The third-order valence-corrected chi connectivity index (χ3v) is 4.86. The van der Waals surface area contributed by atoms with E-state index in [-0.39, 0.29) is 16.8 Å². The molecular formula is C15H20N2O3S. The molecule has 5 nitrogen and oxygen atoms in total. The number of hydrogen-bond donors (Lipinski definition) is 2. The van der Waals surface area contributed by atoms with Crippen molar-refractivity contribution in [3.63, 3.8) is 0 Å². The van der Waals surface area contributed by atoms with Crippen LogP contribution in [0.15, 0.2) is 11.6 Å². The van der Waals surface area contributed by atoms with Gasteiger partial charge in [-0.3, -0.25) is 4.79 Å². The minimum atomic E-state index is -0.970. The van der Waals surface area contributed by atoms with E-state index in [1.807, 2.05) is 6.92 Å². The van der Waals surface area contributed by atoms with Crippen LogP contribution in [0.2, 0.25) is 0 Å². The third kappa shape index (κ3) is 4.14. The highest BCUT2D eigenvalue weighted by Gasteiger charge is 2.19. The second-order valence-electron chi connectivity index (χ2n) is 5.35. The molecule has 1 aromatic rings. The average molecular weight is 308 g/mol. The molecule has 0 spiro atoms. The van der Waals surface area contributed by atoms with E-state index in [4.69, 9.17) is 5.11 Å². The van der Waals surface area contributed by atoms with Gasteiger partial charge in [-0.25, -0.2) is 9.78 Å². The van der Waals surface area contributed by atoms with E-state index >= 15 is 0 Å². The fourth-order valence-electron chi connectivity index (χ4n) is 2.43. The number of nitrogens with zero attached hydrogens (tertiary/aromatic N) is 1. The SMILES string of the molecule is Cc1nc(C(C)NC(=O)CC2=CCCCC2)sc1C(=O)O. The zero-order valence-electron chi connectivity index (χ0n) is 12.3. The first kappa shape index (κ1) is 15.7. The van der Waals surface area contributed by atoms with E-state index in [0.717, 1.165) is 30.6 Å². The van der Waals surface area contributed by atoms with Gasteiger partial charge in [-0.2, -0.15) is 0 Å². The van der Waals surface area contributed by atoms with Gasteiger partial charge in [0.15, 0.2) is 0 Å². The Labute approximate surface area is 128 Å². The first-order chi connectivity index (χ1) is 9.97. The number of carbonyl (C=O) groups excluding carboxylic acids is 1. The van der Waals surface area contributed by atoms with E-state index in [1.165, 1.54) is 12.0 Å². The number of carboxylic acids is 1. The van der Waals surface area contributed by atoms with Gasteiger partial charge in [0, 0.05) is 6.42 Å². The highest BCUT2D eigenvalue weighted by molar-refractivity contribution is 7.13. The molecule has 21 heavy (non-hydrogen) atoms. The summed E-state index contributed by atoms with van der Waals surface area (Å²) in [7, 11) is 0. The van der Waals surface area contributed by atoms with E-state index in [9.17, 15) is 9.59 Å². The fourth-order valence-corrected chi connectivity index (χ4v) is 3.33. The first-order valence-corrected chi connectivity index (χ1v) is 7.97. The molecule has 1 aliphatic carbocycles. The fraction of sp³-hybridized carbons (Fsp3) is 0.533. The summed E-state index contributed by atoms with van der Waals surface area (Å²) in [5.41, 5.74) is 1.70. The van der Waals surface area contributed by atoms with Crippen LogP contribution in [0, 0.1) is 6.92 Å². The summed E-state index contributed by atoms with van der Waals surface area (Å²) in [6, 6.07) is -0.265. The van der Waals surface area contributed by atoms with Gasteiger partial charge in [-0.05, 0) is 39.5 Å². The molecule has 0 radical (unpaired) electrons. The summed E-state index contributed by atoms with van der Waals surface area (Å²) >= 11 is 1.12. The van der Waals surface area contributed by atoms with Crippen LogP contribution in [-0.2, 0) is 4.79 Å². The summed E-state index contributed by atoms with van der Waals surface area (Å²) in [6.45, 7) is 3.50. The molecule has 1 heterocycles. The Bertz CT molecular complexity index is 577. The van der Waals surface area contributed by atoms with Crippen LogP contribution in [0.4, 0.5) is 0 Å². The first-order valence-electron chi connectivity index (χ1n) is 7.15. The van der Waals surface area contributed by atoms with Crippen molar-refractivity contribution >= 4 is 23.2 Å². The molecule has 1 aliphatic rings. The maximum absolute atomic E-state index is 12.0. The zero-order chi connectivity index (χ0) is 15.4. The molecule has 1 amide bonds. The molecule has 0 aliphatic heterocycles. The lowest BCUT2D eigenvalue weighted by atomic mass is 9.97. The smallest absolute Gasteiger partial charge is 0.347 e. The number of aromatic carboxylic acids is 1. The number of nitrogens with one attached hydrogen (secondary N) is 1. The van der Waals surface area contributed by atoms with Crippen molar-refractivity contribution in [2.75, 3.05) is 0 Å². The summed E-state index contributed by atoms with van der Waals surface area (Å²) in [6.07, 6.45) is 7.01. The van der Waals surface area contributed by atoms with E-state index in [2.05, 4.69) is 16.4 Å². The number of amides is 1. The Morgan fingerprint density at radius 1 is 1.48 bits per heavy atom. The van der Waals surface area contributed by atoms with Gasteiger partial charge in [0.05, 0.1) is 11.7 Å². The Morgan fingerprint density at radius 3 is 2.81 bits per heavy atom. The van der Waals surface area contributed by atoms with Gasteiger partial charge in [0.25, 0.3) is 0 Å². The van der Waals surface area contributed by atoms with Crippen molar-refractivity contribution in [2.45, 2.75) is 52.0 Å². The van der Waals surface area contributed by atoms with Gasteiger partial charge in [0.2, 0.25) is 5.91 Å². The van der Waals surface area contributed by atoms with Crippen molar-refractivity contribution < 1.29 is 14.7 Å². The number of aryl methyl sites for hydroxylation is 1. The maximum atomic E-state index is 12.0. The second-order valence-corrected chi connectivity index (χ2v) is 6.38. The average Bonchev–Trinajstić information content (AvgIpc) is 2.82. The van der Waals surface area contributed by atoms with E-state index in [1.54, 1.807) is 6.92 Å². The van der Waals surface area contributed by atoms with Crippen molar-refractivity contribution in [3.05, 3.63) is 27.2 Å². The number of rotatable bonds is 5. The second kappa shape index (κ2) is 6.85. The Morgan fingerprint density at radius 2 is 2.24 bits per heavy atom. The molecule has 0 saturated heterocycles. The van der Waals surface area contributed by atoms with Gasteiger partial charge in [0.1, 0.15) is 9.88 Å². The van der Waals surface area contributed by atoms with Crippen molar-refractivity contribution in [1.82, 2.24) is 10.3 Å². The molecular weight excluding hydrogens is 288 g/mol. The molecule has 2 N–H and O–H groups in total. The number of aromatic nitrogens is 1. The summed E-state index contributed by atoms with van der Waals surface area (Å²) in [4.78, 5) is 27.5. The van der Waals surface area contributed by atoms with Crippen LogP contribution in [0.3, 0.4) is 0 Å². The highest BCUT2D eigenvalue weighted by atomic mass is 32.1. The van der Waals surface area contributed by atoms with Gasteiger partial charge < -0.3 is 10.4 Å². The minimum absolute atomic E-state index is 0.0274. The number of allylic oxidation sites excluding steroid dienone is 1. The third-order valence-electron chi connectivity index (χ3n) is 3.53. The normalized spacial score (nSPS) is 16.2. The summed E-state index contributed by atoms with van der Waals surface area (Å²) in [5, 5.41) is 12.6. The Kier molecular flexibility index (Phi) is 5.12. The quantitative estimate of drug-likeness (QED) is 0.819. The van der Waals surface area contributed by atoms with Crippen molar-refractivity contribution in [3.8, 4) is 0 Å². The summed E-state index contributed by atoms with van der Waals surface area (Å²) in [5.74, 6) is -0.998. The van der Waals surface area contributed by atoms with Crippen LogP contribution in [0.1, 0.15) is 65.4 Å². The van der Waals surface area contributed by atoms with E-state index < -0.39 is 5.97 Å². The standard InChI is InChI=1S/C15H20N2O3S/c1-9-13(15(19)20)21-14(17-9)10(2)16-12(18)8-11-6-4-3-5-7-11/h6,10H,3-5,7-8H2,1-2H3,(H,16,18)(H,19,20). The van der Waals surface area contributed by atoms with Crippen LogP contribution >= 0.6 is 11.3 Å². The van der Waals surface area contributed by atoms with Crippen LogP contribution < -0.4 is 5.32 Å². The molecule has 0 aromatic carbocycles. The molecule has 1 atom stereocenters. The predicted molar refractivity (Wildman–Crippen MR) is 81.5 cm³/mol. The van der Waals surface area contributed by atoms with Crippen LogP contribution in [0.5, 0.6) is 0 Å². The molecule has 2 rings (SSSR count). The van der Waals surface area contributed by atoms with Gasteiger partial charge in [-0.15, -0.1) is 11.3 Å². The van der Waals surface area contributed by atoms with Crippen molar-refractivity contribution in [1.29, 1.82) is 0 Å². The maximum Gasteiger partial charge on any atom is 0.347 e.